The van der Waals surface area contributed by atoms with Gasteiger partial charge >= 0.3 is 0 Å². The van der Waals surface area contributed by atoms with Gasteiger partial charge in [-0.25, -0.2) is 5.10 Å². The highest BCUT2D eigenvalue weighted by Gasteiger charge is 2.08. The Morgan fingerprint density at radius 1 is 1.03 bits per heavy atom. The van der Waals surface area contributed by atoms with E-state index in [9.17, 15) is 0 Å². The van der Waals surface area contributed by atoms with E-state index in [0.717, 1.165) is 26.9 Å². The fourth-order valence-electron chi connectivity index (χ4n) is 2.78. The third-order valence-electron chi connectivity index (χ3n) is 4.20. The second kappa shape index (κ2) is 8.98. The summed E-state index contributed by atoms with van der Waals surface area (Å²) in [6, 6.07) is 25.6. The molecule has 0 bridgehead atoms. The molecule has 0 saturated carbocycles. The van der Waals surface area contributed by atoms with Gasteiger partial charge in [-0.1, -0.05) is 76.6 Å². The number of H-pyrrole nitrogens is 1. The molecule has 7 heteroatoms. The molecular formula is C22H17BrN4OS. The van der Waals surface area contributed by atoms with Crippen LogP contribution in [0.25, 0.3) is 11.4 Å². The van der Waals surface area contributed by atoms with E-state index >= 15 is 0 Å². The summed E-state index contributed by atoms with van der Waals surface area (Å²) in [5.41, 5.74) is 2.85. The van der Waals surface area contributed by atoms with Crippen LogP contribution >= 0.6 is 28.1 Å². The molecule has 0 fully saturated rings. The summed E-state index contributed by atoms with van der Waals surface area (Å²) in [4.78, 5) is 0. The van der Waals surface area contributed by atoms with Crippen molar-refractivity contribution in [3.8, 4) is 17.1 Å². The van der Waals surface area contributed by atoms with Crippen molar-refractivity contribution in [2.24, 2.45) is 5.10 Å². The first kappa shape index (κ1) is 19.3. The molecule has 1 N–H and O–H groups in total. The smallest absolute Gasteiger partial charge is 0.216 e. The number of halogens is 1. The molecule has 0 atom stereocenters. The van der Waals surface area contributed by atoms with Crippen molar-refractivity contribution in [2.45, 2.75) is 6.61 Å². The van der Waals surface area contributed by atoms with E-state index < -0.39 is 0 Å². The molecule has 5 nitrogen and oxygen atoms in total. The quantitative estimate of drug-likeness (QED) is 0.288. The van der Waals surface area contributed by atoms with Gasteiger partial charge in [0.1, 0.15) is 12.4 Å². The highest BCUT2D eigenvalue weighted by atomic mass is 79.9. The van der Waals surface area contributed by atoms with Crippen LogP contribution in [0.2, 0.25) is 0 Å². The number of hydrogen-bond acceptors (Lipinski definition) is 4. The van der Waals surface area contributed by atoms with Gasteiger partial charge in [0, 0.05) is 15.6 Å². The van der Waals surface area contributed by atoms with E-state index in [-0.39, 0.29) is 0 Å². The van der Waals surface area contributed by atoms with Gasteiger partial charge in [-0.05, 0) is 36.0 Å². The van der Waals surface area contributed by atoms with Gasteiger partial charge in [-0.15, -0.1) is 0 Å². The largest absolute Gasteiger partial charge is 0.488 e. The number of nitrogens with zero attached hydrogens (tertiary/aromatic N) is 3. The van der Waals surface area contributed by atoms with Crippen LogP contribution in [0.1, 0.15) is 11.1 Å². The average Bonchev–Trinajstić information content (AvgIpc) is 3.13. The lowest BCUT2D eigenvalue weighted by molar-refractivity contribution is 0.305. The number of benzene rings is 3. The molecule has 3 aromatic carbocycles. The fourth-order valence-corrected chi connectivity index (χ4v) is 3.34. The molecule has 0 aliphatic carbocycles. The first-order valence-electron chi connectivity index (χ1n) is 8.94. The maximum atomic E-state index is 6.02. The van der Waals surface area contributed by atoms with E-state index in [0.29, 0.717) is 17.2 Å². The van der Waals surface area contributed by atoms with Gasteiger partial charge in [0.15, 0.2) is 5.82 Å². The molecule has 0 spiro atoms. The molecule has 1 aromatic heterocycles. The average molecular weight is 465 g/mol. The van der Waals surface area contributed by atoms with Crippen molar-refractivity contribution in [1.29, 1.82) is 0 Å². The Balaban J connectivity index is 1.63. The predicted octanol–water partition coefficient (Wildman–Crippen LogP) is 5.83. The topological polar surface area (TPSA) is 55.2 Å². The van der Waals surface area contributed by atoms with E-state index in [1.165, 1.54) is 0 Å². The molecule has 0 saturated heterocycles. The van der Waals surface area contributed by atoms with Gasteiger partial charge < -0.3 is 4.74 Å². The maximum Gasteiger partial charge on any atom is 0.216 e. The lowest BCUT2D eigenvalue weighted by atomic mass is 10.2. The molecule has 4 aromatic rings. The maximum absolute atomic E-state index is 6.02. The molecule has 1 heterocycles. The van der Waals surface area contributed by atoms with Crippen LogP contribution in [0.3, 0.4) is 0 Å². The molecule has 144 valence electrons. The van der Waals surface area contributed by atoms with Crippen LogP contribution in [0, 0.1) is 4.77 Å². The summed E-state index contributed by atoms with van der Waals surface area (Å²) >= 11 is 8.87. The number of hydrogen-bond donors (Lipinski definition) is 1. The third kappa shape index (κ3) is 4.70. The van der Waals surface area contributed by atoms with Gasteiger partial charge in [0.25, 0.3) is 0 Å². The summed E-state index contributed by atoms with van der Waals surface area (Å²) in [7, 11) is 0. The van der Waals surface area contributed by atoms with Crippen molar-refractivity contribution in [1.82, 2.24) is 14.9 Å². The normalized spacial score (nSPS) is 11.1. The van der Waals surface area contributed by atoms with Crippen LogP contribution < -0.4 is 4.74 Å². The van der Waals surface area contributed by atoms with Crippen LogP contribution in [-0.2, 0) is 6.61 Å². The second-order valence-corrected chi connectivity index (χ2v) is 7.53. The third-order valence-corrected chi connectivity index (χ3v) is 4.96. The Labute approximate surface area is 181 Å². The Morgan fingerprint density at radius 2 is 1.76 bits per heavy atom. The Kier molecular flexibility index (Phi) is 5.97. The minimum atomic E-state index is 0.418. The van der Waals surface area contributed by atoms with Crippen molar-refractivity contribution < 1.29 is 4.74 Å². The zero-order valence-electron chi connectivity index (χ0n) is 15.3. The minimum Gasteiger partial charge on any atom is -0.488 e. The summed E-state index contributed by atoms with van der Waals surface area (Å²) < 4.78 is 8.98. The number of aromatic amines is 1. The van der Waals surface area contributed by atoms with Crippen LogP contribution in [-0.4, -0.2) is 21.1 Å². The summed E-state index contributed by atoms with van der Waals surface area (Å²) in [6.45, 7) is 0.476. The molecule has 4 rings (SSSR count). The van der Waals surface area contributed by atoms with Crippen molar-refractivity contribution in [3.63, 3.8) is 0 Å². The number of ether oxygens (including phenoxy) is 1. The molecule has 0 radical (unpaired) electrons. The van der Waals surface area contributed by atoms with E-state index in [1.807, 2.05) is 78.9 Å². The van der Waals surface area contributed by atoms with E-state index in [1.54, 1.807) is 10.9 Å². The van der Waals surface area contributed by atoms with Crippen LogP contribution in [0.15, 0.2) is 88.4 Å². The molecule has 29 heavy (non-hydrogen) atoms. The van der Waals surface area contributed by atoms with Gasteiger partial charge in [0.05, 0.1) is 6.21 Å². The molecule has 0 aliphatic heterocycles. The van der Waals surface area contributed by atoms with E-state index in [2.05, 4.69) is 31.2 Å². The first-order valence-corrected chi connectivity index (χ1v) is 10.1. The van der Waals surface area contributed by atoms with Crippen molar-refractivity contribution in [3.05, 3.63) is 99.2 Å². The van der Waals surface area contributed by atoms with Crippen LogP contribution in [0.4, 0.5) is 0 Å². The second-order valence-electron chi connectivity index (χ2n) is 6.23. The summed E-state index contributed by atoms with van der Waals surface area (Å²) in [5, 5.41) is 11.7. The standard InChI is InChI=1S/C22H17BrN4OS/c23-19-11-12-20(28-15-16-7-3-1-4-8-16)18(13-19)14-24-27-21(25-26-22(27)29)17-9-5-2-6-10-17/h1-14H,15H2,(H,26,29)/b24-14-. The Morgan fingerprint density at radius 3 is 2.52 bits per heavy atom. The number of aromatic nitrogens is 3. The Bertz CT molecular complexity index is 1190. The first-order chi connectivity index (χ1) is 14.2. The summed E-state index contributed by atoms with van der Waals surface area (Å²) in [6.07, 6.45) is 1.73. The minimum absolute atomic E-state index is 0.418. The van der Waals surface area contributed by atoms with Gasteiger partial charge in [-0.2, -0.15) is 14.9 Å². The summed E-state index contributed by atoms with van der Waals surface area (Å²) in [5.74, 6) is 1.38. The highest BCUT2D eigenvalue weighted by Crippen LogP contribution is 2.23. The number of nitrogens with one attached hydrogen (secondary N) is 1. The molecular weight excluding hydrogens is 448 g/mol. The number of rotatable bonds is 6. The zero-order chi connectivity index (χ0) is 20.1. The highest BCUT2D eigenvalue weighted by molar-refractivity contribution is 9.10. The Hall–Kier alpha value is -3.03. The zero-order valence-corrected chi connectivity index (χ0v) is 17.7. The lowest BCUT2D eigenvalue weighted by Gasteiger charge is -2.10. The van der Waals surface area contributed by atoms with Gasteiger partial charge in [-0.3, -0.25) is 0 Å². The molecule has 0 amide bonds. The monoisotopic (exact) mass is 464 g/mol. The molecule has 0 aliphatic rings. The lowest BCUT2D eigenvalue weighted by Crippen LogP contribution is -2.00. The molecule has 0 unspecified atom stereocenters. The van der Waals surface area contributed by atoms with Crippen LogP contribution in [0.5, 0.6) is 5.75 Å². The fraction of sp³-hybridized carbons (Fsp3) is 0.0455. The predicted molar refractivity (Wildman–Crippen MR) is 121 cm³/mol. The SMILES string of the molecule is S=c1[nH]nc(-c2ccccc2)n1/N=C\c1cc(Br)ccc1OCc1ccccc1. The van der Waals surface area contributed by atoms with Crippen molar-refractivity contribution >= 4 is 34.4 Å². The van der Waals surface area contributed by atoms with Gasteiger partial charge in [0.2, 0.25) is 4.77 Å². The van der Waals surface area contributed by atoms with E-state index in [4.69, 9.17) is 17.0 Å². The van der Waals surface area contributed by atoms with Crippen molar-refractivity contribution in [2.75, 3.05) is 0 Å².